The molecule has 0 spiro atoms. The molecule has 2 unspecified atom stereocenters. The minimum Gasteiger partial charge on any atom is -0.486 e. The van der Waals surface area contributed by atoms with E-state index in [1.165, 1.54) is 23.1 Å². The van der Waals surface area contributed by atoms with Crippen LogP contribution in [0.25, 0.3) is 5.57 Å². The molecule has 32 heavy (non-hydrogen) atoms. The second-order valence-electron chi connectivity index (χ2n) is 8.31. The second-order valence-corrected chi connectivity index (χ2v) is 8.67. The predicted molar refractivity (Wildman–Crippen MR) is 117 cm³/mol. The number of hydrogen-bond acceptors (Lipinski definition) is 5. The highest BCUT2D eigenvalue weighted by Crippen LogP contribution is 2.30. The summed E-state index contributed by atoms with van der Waals surface area (Å²) in [5.74, 6) is -0.459. The molecule has 0 bridgehead atoms. The number of rotatable bonds is 3. The molecule has 0 radical (unpaired) electrons. The number of alkyl halides is 1. The third kappa shape index (κ3) is 5.76. The molecule has 1 saturated heterocycles. The Hall–Kier alpha value is -3.14. The first kappa shape index (κ1) is 23.5. The van der Waals surface area contributed by atoms with Crippen LogP contribution in [0.15, 0.2) is 46.0 Å². The summed E-state index contributed by atoms with van der Waals surface area (Å²) >= 11 is 5.75. The Labute approximate surface area is 190 Å². The number of allylic oxidation sites excluding steroid dienone is 3. The molecule has 0 aliphatic carbocycles. The fraction of sp³-hybridized carbons (Fsp3) is 0.391. The molecule has 0 saturated carbocycles. The molecular weight excluding hydrogens is 440 g/mol. The van der Waals surface area contributed by atoms with E-state index in [0.29, 0.717) is 5.56 Å². The van der Waals surface area contributed by atoms with E-state index < -0.39 is 29.8 Å². The van der Waals surface area contributed by atoms with Crippen molar-refractivity contribution >= 4 is 29.5 Å². The average molecular weight is 462 g/mol. The first-order chi connectivity index (χ1) is 15.1. The van der Waals surface area contributed by atoms with E-state index in [9.17, 15) is 18.8 Å². The van der Waals surface area contributed by atoms with E-state index >= 15 is 0 Å². The fourth-order valence-electron chi connectivity index (χ4n) is 3.20. The van der Waals surface area contributed by atoms with Gasteiger partial charge in [0.1, 0.15) is 29.4 Å². The lowest BCUT2D eigenvalue weighted by Gasteiger charge is -2.35. The number of amides is 1. The van der Waals surface area contributed by atoms with Gasteiger partial charge < -0.3 is 14.4 Å². The van der Waals surface area contributed by atoms with Gasteiger partial charge in [-0.3, -0.25) is 0 Å². The number of nitriles is 1. The van der Waals surface area contributed by atoms with Crippen molar-refractivity contribution in [1.82, 2.24) is 4.90 Å². The highest BCUT2D eigenvalue weighted by atomic mass is 35.5. The smallest absolute Gasteiger partial charge is 0.410 e. The van der Waals surface area contributed by atoms with Crippen LogP contribution >= 0.6 is 11.6 Å². The number of benzene rings is 1. The van der Waals surface area contributed by atoms with Gasteiger partial charge in [-0.25, -0.2) is 18.6 Å². The molecule has 1 aromatic carbocycles. The maximum atomic E-state index is 14.8. The predicted octanol–water partition coefficient (Wildman–Crippen LogP) is 5.28. The van der Waals surface area contributed by atoms with Crippen LogP contribution in [-0.2, 0) is 4.74 Å². The molecule has 1 aromatic rings. The summed E-state index contributed by atoms with van der Waals surface area (Å²) in [6.07, 6.45) is -0.340. The van der Waals surface area contributed by atoms with E-state index in [4.69, 9.17) is 21.1 Å². The summed E-state index contributed by atoms with van der Waals surface area (Å²) in [4.78, 5) is 17.2. The Balaban J connectivity index is 1.74. The summed E-state index contributed by atoms with van der Waals surface area (Å²) in [6.45, 7) is 5.31. The monoisotopic (exact) mass is 461 g/mol. The Morgan fingerprint density at radius 2 is 2.16 bits per heavy atom. The van der Waals surface area contributed by atoms with Crippen molar-refractivity contribution in [2.75, 3.05) is 13.1 Å². The maximum absolute atomic E-state index is 14.8. The molecule has 2 aliphatic rings. The number of ether oxygens (including phenoxy) is 2. The van der Waals surface area contributed by atoms with Gasteiger partial charge in [0.05, 0.1) is 18.3 Å². The Bertz CT molecular complexity index is 1080. The summed E-state index contributed by atoms with van der Waals surface area (Å²) in [6, 6.07) is 6.48. The van der Waals surface area contributed by atoms with Crippen LogP contribution in [0, 0.1) is 11.3 Å². The fourth-order valence-corrected chi connectivity index (χ4v) is 3.30. The first-order valence-electron chi connectivity index (χ1n) is 9.96. The zero-order valence-electron chi connectivity index (χ0n) is 17.9. The van der Waals surface area contributed by atoms with Crippen LogP contribution in [0.2, 0.25) is 0 Å². The van der Waals surface area contributed by atoms with Gasteiger partial charge >= 0.3 is 6.09 Å². The highest BCUT2D eigenvalue weighted by molar-refractivity contribution is 6.30. The molecule has 3 rings (SSSR count). The standard InChI is InChI=1S/C23H22ClF2N3O3/c1-23(2,3)32-22(30)29-9-8-20(18(26)13-29)31-19-6-4-14(10-15(19)11-27)16-5-7-21(24)28-12-17(16)25/h4-6,10,12,18,20H,8-9,13H2,1-3H3. The molecule has 2 aliphatic heterocycles. The van der Waals surface area contributed by atoms with E-state index in [0.717, 1.165) is 6.21 Å². The number of piperidine rings is 1. The van der Waals surface area contributed by atoms with Crippen LogP contribution in [0.5, 0.6) is 5.75 Å². The average Bonchev–Trinajstić information content (AvgIpc) is 2.89. The van der Waals surface area contributed by atoms with Gasteiger partial charge in [-0.1, -0.05) is 23.4 Å². The SMILES string of the molecule is CC(C)(C)OC(=O)N1CCC(Oc2ccc(C3=C(F)C=NC(Cl)=C=C3)cc2C#N)C(F)C1. The summed E-state index contributed by atoms with van der Waals surface area (Å²) in [7, 11) is 0. The van der Waals surface area contributed by atoms with Gasteiger partial charge in [-0.2, -0.15) is 5.26 Å². The van der Waals surface area contributed by atoms with Crippen molar-refractivity contribution in [3.63, 3.8) is 0 Å². The molecule has 0 aromatic heterocycles. The molecule has 1 amide bonds. The molecule has 0 N–H and O–H groups in total. The molecule has 9 heteroatoms. The van der Waals surface area contributed by atoms with Gasteiger partial charge in [0.25, 0.3) is 0 Å². The lowest BCUT2D eigenvalue weighted by Crippen LogP contribution is -2.50. The minimum absolute atomic E-state index is 0.00215. The minimum atomic E-state index is -1.46. The summed E-state index contributed by atoms with van der Waals surface area (Å²) < 4.78 is 40.1. The van der Waals surface area contributed by atoms with Crippen LogP contribution < -0.4 is 4.74 Å². The van der Waals surface area contributed by atoms with E-state index in [-0.39, 0.29) is 41.6 Å². The van der Waals surface area contributed by atoms with Crippen LogP contribution in [0.3, 0.4) is 0 Å². The lowest BCUT2D eigenvalue weighted by molar-refractivity contribution is -0.0106. The number of halogens is 3. The zero-order chi connectivity index (χ0) is 23.5. The van der Waals surface area contributed by atoms with E-state index in [1.54, 1.807) is 26.8 Å². The van der Waals surface area contributed by atoms with Crippen molar-refractivity contribution in [2.24, 2.45) is 4.99 Å². The van der Waals surface area contributed by atoms with Gasteiger partial charge in [0, 0.05) is 18.5 Å². The molecule has 168 valence electrons. The summed E-state index contributed by atoms with van der Waals surface area (Å²) in [5.41, 5.74) is 2.63. The van der Waals surface area contributed by atoms with Crippen molar-refractivity contribution in [3.05, 3.63) is 52.1 Å². The van der Waals surface area contributed by atoms with Gasteiger partial charge in [0.2, 0.25) is 0 Å². The van der Waals surface area contributed by atoms with Gasteiger partial charge in [0.15, 0.2) is 11.3 Å². The molecular formula is C23H22ClF2N3O3. The van der Waals surface area contributed by atoms with Gasteiger partial charge in [-0.15, -0.1) is 0 Å². The van der Waals surface area contributed by atoms with Crippen molar-refractivity contribution in [2.45, 2.75) is 45.1 Å². The molecule has 6 nitrogen and oxygen atoms in total. The van der Waals surface area contributed by atoms with E-state index in [1.807, 2.05) is 6.07 Å². The van der Waals surface area contributed by atoms with Crippen LogP contribution in [0.4, 0.5) is 13.6 Å². The number of nitrogens with zero attached hydrogens (tertiary/aromatic N) is 3. The number of carbonyl (C=O) groups excluding carboxylic acids is 1. The van der Waals surface area contributed by atoms with Crippen LogP contribution in [0.1, 0.15) is 38.3 Å². The molecule has 2 heterocycles. The Morgan fingerprint density at radius 1 is 1.41 bits per heavy atom. The highest BCUT2D eigenvalue weighted by Gasteiger charge is 2.35. The third-order valence-electron chi connectivity index (χ3n) is 4.71. The second kappa shape index (κ2) is 9.56. The van der Waals surface area contributed by atoms with Crippen LogP contribution in [-0.4, -0.2) is 48.2 Å². The maximum Gasteiger partial charge on any atom is 0.410 e. The van der Waals surface area contributed by atoms with Gasteiger partial charge in [-0.05, 0) is 44.5 Å². The van der Waals surface area contributed by atoms with Crippen molar-refractivity contribution in [3.8, 4) is 11.8 Å². The Kier molecular flexibility index (Phi) is 7.02. The summed E-state index contributed by atoms with van der Waals surface area (Å²) in [5, 5.41) is 9.54. The number of likely N-dealkylation sites (tertiary alicyclic amines) is 1. The normalized spacial score (nSPS) is 21.0. The quantitative estimate of drug-likeness (QED) is 0.453. The number of aliphatic imine (C=N–C) groups is 1. The van der Waals surface area contributed by atoms with Crippen molar-refractivity contribution in [1.29, 1.82) is 5.26 Å². The largest absolute Gasteiger partial charge is 0.486 e. The zero-order valence-corrected chi connectivity index (χ0v) is 18.6. The molecule has 1 fully saturated rings. The lowest BCUT2D eigenvalue weighted by atomic mass is 10.0. The van der Waals surface area contributed by atoms with Crippen molar-refractivity contribution < 1.29 is 23.0 Å². The topological polar surface area (TPSA) is 74.9 Å². The number of carbonyl (C=O) groups is 1. The van der Waals surface area contributed by atoms with E-state index in [2.05, 4.69) is 10.7 Å². The molecule has 2 atom stereocenters. The third-order valence-corrected chi connectivity index (χ3v) is 4.91. The number of hydrogen-bond donors (Lipinski definition) is 0. The Morgan fingerprint density at radius 3 is 2.81 bits per heavy atom. The first-order valence-corrected chi connectivity index (χ1v) is 10.3.